The summed E-state index contributed by atoms with van der Waals surface area (Å²) in [5.41, 5.74) is 8.10. The summed E-state index contributed by atoms with van der Waals surface area (Å²) in [7, 11) is 3.15. The van der Waals surface area contributed by atoms with Gasteiger partial charge < -0.3 is 20.5 Å². The van der Waals surface area contributed by atoms with Crippen LogP contribution in [0.4, 0.5) is 11.4 Å². The number of nitrogen functional groups attached to an aromatic ring is 1. The maximum absolute atomic E-state index is 12.0. The fourth-order valence-corrected chi connectivity index (χ4v) is 2.16. The molecule has 0 fully saturated rings. The number of hydrogen-bond acceptors (Lipinski definition) is 4. The molecule has 0 saturated heterocycles. The largest absolute Gasteiger partial charge is 0.495 e. The monoisotopic (exact) mass is 300 g/mol. The van der Waals surface area contributed by atoms with Crippen LogP contribution in [0.25, 0.3) is 0 Å². The first-order valence-electron chi connectivity index (χ1n) is 6.99. The van der Waals surface area contributed by atoms with Gasteiger partial charge in [-0.3, -0.25) is 4.79 Å². The number of carbonyl (C=O) groups is 1. The number of methoxy groups -OCH3 is 2. The third-order valence-corrected chi connectivity index (χ3v) is 3.32. The van der Waals surface area contributed by atoms with Gasteiger partial charge in [0.15, 0.2) is 0 Å². The van der Waals surface area contributed by atoms with E-state index in [4.69, 9.17) is 15.2 Å². The second-order valence-electron chi connectivity index (χ2n) is 4.82. The Labute approximate surface area is 130 Å². The summed E-state index contributed by atoms with van der Waals surface area (Å²) < 4.78 is 10.3. The van der Waals surface area contributed by atoms with Crippen molar-refractivity contribution in [3.05, 3.63) is 48.0 Å². The highest BCUT2D eigenvalue weighted by Crippen LogP contribution is 2.24. The normalized spacial score (nSPS) is 10.1. The van der Waals surface area contributed by atoms with Crippen molar-refractivity contribution in [2.75, 3.05) is 25.3 Å². The zero-order valence-corrected chi connectivity index (χ0v) is 12.8. The Morgan fingerprint density at radius 3 is 2.50 bits per heavy atom. The van der Waals surface area contributed by atoms with Crippen LogP contribution in [-0.2, 0) is 11.2 Å². The Morgan fingerprint density at radius 1 is 1.09 bits per heavy atom. The minimum atomic E-state index is -0.0705. The molecule has 3 N–H and O–H groups in total. The molecule has 1 amide bonds. The fraction of sp³-hybridized carbons (Fsp3) is 0.235. The van der Waals surface area contributed by atoms with E-state index in [-0.39, 0.29) is 5.91 Å². The molecule has 0 bridgehead atoms. The number of nitrogens with two attached hydrogens (primary N) is 1. The van der Waals surface area contributed by atoms with E-state index >= 15 is 0 Å². The van der Waals surface area contributed by atoms with Crippen LogP contribution >= 0.6 is 0 Å². The molecule has 0 aromatic heterocycles. The number of carbonyl (C=O) groups excluding carboxylic acids is 1. The molecule has 22 heavy (non-hydrogen) atoms. The molecule has 0 aliphatic rings. The molecule has 2 rings (SSSR count). The molecule has 0 heterocycles. The third kappa shape index (κ3) is 3.91. The van der Waals surface area contributed by atoms with Crippen LogP contribution in [0.5, 0.6) is 11.5 Å². The number of para-hydroxylation sites is 2. The Bertz CT molecular complexity index is 656. The molecule has 5 heteroatoms. The Morgan fingerprint density at radius 2 is 1.82 bits per heavy atom. The fourth-order valence-electron chi connectivity index (χ4n) is 2.16. The molecule has 0 aliphatic heterocycles. The standard InChI is InChI=1S/C17H20N2O3/c1-21-15-9-7-12(11-13(15)18)8-10-17(20)19-14-5-3-4-6-16(14)22-2/h3-7,9,11H,8,10,18H2,1-2H3,(H,19,20). The minimum Gasteiger partial charge on any atom is -0.495 e. The number of anilines is 2. The molecule has 0 saturated carbocycles. The van der Waals surface area contributed by atoms with Gasteiger partial charge in [-0.2, -0.15) is 0 Å². The maximum Gasteiger partial charge on any atom is 0.224 e. The lowest BCUT2D eigenvalue weighted by molar-refractivity contribution is -0.116. The molecular weight excluding hydrogens is 280 g/mol. The first-order chi connectivity index (χ1) is 10.6. The van der Waals surface area contributed by atoms with Gasteiger partial charge in [-0.05, 0) is 36.2 Å². The van der Waals surface area contributed by atoms with E-state index in [0.717, 1.165) is 5.56 Å². The van der Waals surface area contributed by atoms with Crippen LogP contribution in [0.15, 0.2) is 42.5 Å². The Hall–Kier alpha value is -2.69. The molecule has 0 radical (unpaired) electrons. The van der Waals surface area contributed by atoms with Crippen molar-refractivity contribution < 1.29 is 14.3 Å². The number of ether oxygens (including phenoxy) is 2. The lowest BCUT2D eigenvalue weighted by atomic mass is 10.1. The van der Waals surface area contributed by atoms with Crippen molar-refractivity contribution in [1.29, 1.82) is 0 Å². The van der Waals surface area contributed by atoms with Gasteiger partial charge in [-0.15, -0.1) is 0 Å². The van der Waals surface area contributed by atoms with E-state index in [1.165, 1.54) is 0 Å². The van der Waals surface area contributed by atoms with Gasteiger partial charge in [-0.25, -0.2) is 0 Å². The van der Waals surface area contributed by atoms with E-state index in [2.05, 4.69) is 5.32 Å². The highest BCUT2D eigenvalue weighted by atomic mass is 16.5. The maximum atomic E-state index is 12.0. The minimum absolute atomic E-state index is 0.0705. The number of benzene rings is 2. The van der Waals surface area contributed by atoms with Crippen LogP contribution in [0.2, 0.25) is 0 Å². The molecule has 0 atom stereocenters. The zero-order valence-electron chi connectivity index (χ0n) is 12.8. The number of rotatable bonds is 6. The average molecular weight is 300 g/mol. The van der Waals surface area contributed by atoms with Crippen molar-refractivity contribution in [2.24, 2.45) is 0 Å². The van der Waals surface area contributed by atoms with Gasteiger partial charge in [0.1, 0.15) is 11.5 Å². The summed E-state index contributed by atoms with van der Waals surface area (Å²) in [6.07, 6.45) is 0.971. The molecular formula is C17H20N2O3. The van der Waals surface area contributed by atoms with E-state index < -0.39 is 0 Å². The van der Waals surface area contributed by atoms with Crippen LogP contribution in [0.1, 0.15) is 12.0 Å². The molecule has 0 unspecified atom stereocenters. The molecule has 2 aromatic rings. The molecule has 2 aromatic carbocycles. The van der Waals surface area contributed by atoms with Crippen LogP contribution in [0.3, 0.4) is 0 Å². The number of hydrogen-bond donors (Lipinski definition) is 2. The van der Waals surface area contributed by atoms with Gasteiger partial charge in [0.2, 0.25) is 5.91 Å². The summed E-state index contributed by atoms with van der Waals surface area (Å²) in [4.78, 5) is 12.0. The van der Waals surface area contributed by atoms with Gasteiger partial charge in [-0.1, -0.05) is 18.2 Å². The van der Waals surface area contributed by atoms with Gasteiger partial charge in [0, 0.05) is 6.42 Å². The van der Waals surface area contributed by atoms with Crippen molar-refractivity contribution in [1.82, 2.24) is 0 Å². The SMILES string of the molecule is COc1ccc(CCC(=O)Nc2ccccc2OC)cc1N. The number of amides is 1. The molecule has 0 aliphatic carbocycles. The summed E-state index contributed by atoms with van der Waals surface area (Å²) >= 11 is 0. The summed E-state index contributed by atoms with van der Waals surface area (Å²) in [6, 6.07) is 12.9. The molecule has 0 spiro atoms. The lowest BCUT2D eigenvalue weighted by Crippen LogP contribution is -2.13. The van der Waals surface area contributed by atoms with Crippen molar-refractivity contribution >= 4 is 17.3 Å². The number of aryl methyl sites for hydroxylation is 1. The summed E-state index contributed by atoms with van der Waals surface area (Å²) in [5, 5.41) is 2.85. The average Bonchev–Trinajstić information content (AvgIpc) is 2.53. The second kappa shape index (κ2) is 7.36. The van der Waals surface area contributed by atoms with Crippen LogP contribution in [0, 0.1) is 0 Å². The van der Waals surface area contributed by atoms with Crippen molar-refractivity contribution in [3.8, 4) is 11.5 Å². The zero-order chi connectivity index (χ0) is 15.9. The highest BCUT2D eigenvalue weighted by Gasteiger charge is 2.08. The second-order valence-corrected chi connectivity index (χ2v) is 4.82. The number of nitrogens with one attached hydrogen (secondary N) is 1. The first-order valence-corrected chi connectivity index (χ1v) is 6.99. The Balaban J connectivity index is 1.94. The Kier molecular flexibility index (Phi) is 5.25. The predicted octanol–water partition coefficient (Wildman–Crippen LogP) is 2.86. The van der Waals surface area contributed by atoms with Gasteiger partial charge in [0.05, 0.1) is 25.6 Å². The summed E-state index contributed by atoms with van der Waals surface area (Å²) in [5.74, 6) is 1.21. The molecule has 116 valence electrons. The molecule has 5 nitrogen and oxygen atoms in total. The van der Waals surface area contributed by atoms with E-state index in [9.17, 15) is 4.79 Å². The quantitative estimate of drug-likeness (QED) is 0.805. The summed E-state index contributed by atoms with van der Waals surface area (Å²) in [6.45, 7) is 0. The predicted molar refractivity (Wildman–Crippen MR) is 87.4 cm³/mol. The van der Waals surface area contributed by atoms with Crippen molar-refractivity contribution in [2.45, 2.75) is 12.8 Å². The smallest absolute Gasteiger partial charge is 0.224 e. The van der Waals surface area contributed by atoms with Gasteiger partial charge in [0.25, 0.3) is 0 Å². The van der Waals surface area contributed by atoms with E-state index in [1.54, 1.807) is 20.3 Å². The van der Waals surface area contributed by atoms with Crippen LogP contribution in [-0.4, -0.2) is 20.1 Å². The lowest BCUT2D eigenvalue weighted by Gasteiger charge is -2.10. The van der Waals surface area contributed by atoms with Crippen molar-refractivity contribution in [3.63, 3.8) is 0 Å². The topological polar surface area (TPSA) is 73.6 Å². The highest BCUT2D eigenvalue weighted by molar-refractivity contribution is 5.92. The van der Waals surface area contributed by atoms with Gasteiger partial charge >= 0.3 is 0 Å². The van der Waals surface area contributed by atoms with Crippen LogP contribution < -0.4 is 20.5 Å². The third-order valence-electron chi connectivity index (χ3n) is 3.32. The van der Waals surface area contributed by atoms with E-state index in [1.807, 2.05) is 36.4 Å². The first kappa shape index (κ1) is 15.7. The van der Waals surface area contributed by atoms with E-state index in [0.29, 0.717) is 35.7 Å².